The van der Waals surface area contributed by atoms with Gasteiger partial charge in [0.1, 0.15) is 19.3 Å². The first-order chi connectivity index (χ1) is 25.1. The molecule has 0 aromatic heterocycles. The average molecular weight is 758 g/mol. The molecule has 2 unspecified atom stereocenters. The molecule has 0 N–H and O–H groups in total. The van der Waals surface area contributed by atoms with Gasteiger partial charge in [-0.15, -0.1) is 0 Å². The van der Waals surface area contributed by atoms with Gasteiger partial charge >= 0.3 is 5.97 Å². The van der Waals surface area contributed by atoms with Gasteiger partial charge in [-0.2, -0.15) is 0 Å². The van der Waals surface area contributed by atoms with Gasteiger partial charge in [0.25, 0.3) is 7.82 Å². The van der Waals surface area contributed by atoms with Crippen LogP contribution in [0.5, 0.6) is 0 Å². The fourth-order valence-corrected chi connectivity index (χ4v) is 6.56. The third-order valence-corrected chi connectivity index (χ3v) is 10.2. The lowest BCUT2D eigenvalue weighted by Crippen LogP contribution is -2.37. The largest absolute Gasteiger partial charge is 0.756 e. The average Bonchev–Trinajstić information content (AvgIpc) is 3.09. The SMILES string of the molecule is CCCCC/C=C\CCCCCCCC(=O)OC(COCCCCCCCCCC/C=C\CCCCCCCC)COP(=O)([O-])OCC[N+](C)(C)C. The monoisotopic (exact) mass is 758 g/mol. The Morgan fingerprint density at radius 2 is 1.00 bits per heavy atom. The number of quaternary nitrogens is 1. The van der Waals surface area contributed by atoms with Gasteiger partial charge in [-0.1, -0.05) is 141 Å². The Morgan fingerprint density at radius 3 is 1.50 bits per heavy atom. The highest BCUT2D eigenvalue weighted by Crippen LogP contribution is 2.38. The second kappa shape index (κ2) is 36.9. The Hall–Kier alpha value is -1.02. The molecule has 0 saturated carbocycles. The molecule has 0 aliphatic rings. The van der Waals surface area contributed by atoms with E-state index in [0.29, 0.717) is 24.1 Å². The molecule has 0 fully saturated rings. The zero-order valence-corrected chi connectivity index (χ0v) is 35.7. The Balaban J connectivity index is 4.21. The number of phosphoric ester groups is 1. The van der Waals surface area contributed by atoms with Gasteiger partial charge in [-0.05, 0) is 64.2 Å². The summed E-state index contributed by atoms with van der Waals surface area (Å²) in [6, 6.07) is 0. The highest BCUT2D eigenvalue weighted by Gasteiger charge is 2.20. The van der Waals surface area contributed by atoms with Crippen molar-refractivity contribution in [3.05, 3.63) is 24.3 Å². The van der Waals surface area contributed by atoms with Gasteiger partial charge < -0.3 is 27.9 Å². The maximum Gasteiger partial charge on any atom is 0.306 e. The zero-order valence-electron chi connectivity index (χ0n) is 34.8. The van der Waals surface area contributed by atoms with Crippen LogP contribution >= 0.6 is 7.82 Å². The molecular weight excluding hydrogens is 673 g/mol. The van der Waals surface area contributed by atoms with Crippen LogP contribution in [0, 0.1) is 0 Å². The lowest BCUT2D eigenvalue weighted by Gasteiger charge is -2.28. The molecule has 0 bridgehead atoms. The van der Waals surface area contributed by atoms with Crippen molar-refractivity contribution in [3.8, 4) is 0 Å². The van der Waals surface area contributed by atoms with Crippen LogP contribution < -0.4 is 4.89 Å². The molecular formula is C43H84NO7P. The number of esters is 1. The normalized spacial score (nSPS) is 14.0. The lowest BCUT2D eigenvalue weighted by molar-refractivity contribution is -0.870. The van der Waals surface area contributed by atoms with Crippen molar-refractivity contribution in [2.24, 2.45) is 0 Å². The summed E-state index contributed by atoms with van der Waals surface area (Å²) < 4.78 is 34.5. The summed E-state index contributed by atoms with van der Waals surface area (Å²) in [4.78, 5) is 25.0. The Labute approximate surface area is 322 Å². The number of phosphoric acid groups is 1. The Morgan fingerprint density at radius 1 is 0.577 bits per heavy atom. The van der Waals surface area contributed by atoms with E-state index in [1.54, 1.807) is 0 Å². The number of hydrogen-bond donors (Lipinski definition) is 0. The van der Waals surface area contributed by atoms with E-state index in [1.807, 2.05) is 21.1 Å². The van der Waals surface area contributed by atoms with Crippen LogP contribution in [-0.2, 0) is 27.9 Å². The number of unbranched alkanes of at least 4 members (excludes halogenated alkanes) is 22. The summed E-state index contributed by atoms with van der Waals surface area (Å²) in [6.07, 6.45) is 40.4. The lowest BCUT2D eigenvalue weighted by atomic mass is 10.1. The van der Waals surface area contributed by atoms with Gasteiger partial charge in [0.15, 0.2) is 0 Å². The molecule has 0 aromatic carbocycles. The number of ether oxygens (including phenoxy) is 2. The van der Waals surface area contributed by atoms with Crippen LogP contribution in [0.2, 0.25) is 0 Å². The minimum Gasteiger partial charge on any atom is -0.756 e. The standard InChI is InChI=1S/C43H84NO7P/c1-6-8-10-12-14-16-18-20-21-22-23-24-25-27-29-31-33-35-38-48-40-42(41-50-52(46,47)49-39-37-44(3,4)5)51-43(45)36-34-32-30-28-26-19-17-15-13-11-9-7-2/h15,17,20-21,42H,6-14,16,18-19,22-41H2,1-5H3/b17-15-,21-20-. The van der Waals surface area contributed by atoms with E-state index in [2.05, 4.69) is 38.2 Å². The van der Waals surface area contributed by atoms with Crippen molar-refractivity contribution >= 4 is 13.8 Å². The van der Waals surface area contributed by atoms with E-state index in [0.717, 1.165) is 44.9 Å². The highest BCUT2D eigenvalue weighted by molar-refractivity contribution is 7.45. The molecule has 0 aliphatic carbocycles. The van der Waals surface area contributed by atoms with Crippen molar-refractivity contribution in [3.63, 3.8) is 0 Å². The fourth-order valence-electron chi connectivity index (χ4n) is 5.83. The van der Waals surface area contributed by atoms with E-state index >= 15 is 0 Å². The third kappa shape index (κ3) is 40.2. The molecule has 0 aliphatic heterocycles. The summed E-state index contributed by atoms with van der Waals surface area (Å²) in [5, 5.41) is 0. The van der Waals surface area contributed by atoms with Crippen LogP contribution in [0.4, 0.5) is 0 Å². The summed E-state index contributed by atoms with van der Waals surface area (Å²) in [5.41, 5.74) is 0. The van der Waals surface area contributed by atoms with Crippen molar-refractivity contribution in [1.82, 2.24) is 0 Å². The molecule has 2 atom stereocenters. The summed E-state index contributed by atoms with van der Waals surface area (Å²) in [5.74, 6) is -0.344. The van der Waals surface area contributed by atoms with Crippen LogP contribution in [0.25, 0.3) is 0 Å². The Bertz CT molecular complexity index is 889. The first-order valence-corrected chi connectivity index (χ1v) is 23.0. The Kier molecular flexibility index (Phi) is 36.2. The van der Waals surface area contributed by atoms with Gasteiger partial charge in [-0.25, -0.2) is 0 Å². The minimum atomic E-state index is -4.52. The first-order valence-electron chi connectivity index (χ1n) is 21.6. The maximum atomic E-state index is 12.6. The summed E-state index contributed by atoms with van der Waals surface area (Å²) >= 11 is 0. The first kappa shape index (κ1) is 51.0. The number of carbonyl (C=O) groups excluding carboxylic acids is 1. The van der Waals surface area contributed by atoms with Crippen LogP contribution in [-0.4, -0.2) is 70.7 Å². The zero-order chi connectivity index (χ0) is 38.4. The van der Waals surface area contributed by atoms with Gasteiger partial charge in [-0.3, -0.25) is 9.36 Å². The molecule has 0 amide bonds. The number of nitrogens with zero attached hydrogens (tertiary/aromatic N) is 1. The van der Waals surface area contributed by atoms with E-state index in [4.69, 9.17) is 18.5 Å². The summed E-state index contributed by atoms with van der Waals surface area (Å²) in [6.45, 7) is 5.38. The van der Waals surface area contributed by atoms with Crippen molar-refractivity contribution < 1.29 is 37.3 Å². The number of rotatable bonds is 40. The molecule has 0 heterocycles. The van der Waals surface area contributed by atoms with Crippen LogP contribution in [0.1, 0.15) is 187 Å². The molecule has 0 saturated heterocycles. The quantitative estimate of drug-likeness (QED) is 0.0202. The molecule has 8 nitrogen and oxygen atoms in total. The van der Waals surface area contributed by atoms with Gasteiger partial charge in [0.2, 0.25) is 0 Å². The minimum absolute atomic E-state index is 0.0250. The second-order valence-electron chi connectivity index (χ2n) is 15.7. The second-order valence-corrected chi connectivity index (χ2v) is 17.1. The van der Waals surface area contributed by atoms with Gasteiger partial charge in [0.05, 0.1) is 34.4 Å². The van der Waals surface area contributed by atoms with E-state index < -0.39 is 13.9 Å². The smallest absolute Gasteiger partial charge is 0.306 e. The fraction of sp³-hybridized carbons (Fsp3) is 0.884. The highest BCUT2D eigenvalue weighted by atomic mass is 31.2. The van der Waals surface area contributed by atoms with E-state index in [9.17, 15) is 14.3 Å². The molecule has 9 heteroatoms. The number of allylic oxidation sites excluding steroid dienone is 4. The van der Waals surface area contributed by atoms with Crippen molar-refractivity contribution in [2.45, 2.75) is 193 Å². The van der Waals surface area contributed by atoms with Gasteiger partial charge in [0, 0.05) is 13.0 Å². The van der Waals surface area contributed by atoms with Crippen molar-refractivity contribution in [1.29, 1.82) is 0 Å². The van der Waals surface area contributed by atoms with Crippen molar-refractivity contribution in [2.75, 3.05) is 54.1 Å². The predicted molar refractivity (Wildman–Crippen MR) is 217 cm³/mol. The maximum absolute atomic E-state index is 12.6. The number of carbonyl (C=O) groups is 1. The molecule has 308 valence electrons. The number of likely N-dealkylation sites (N-methyl/N-ethyl adjacent to an activating group) is 1. The molecule has 0 radical (unpaired) electrons. The molecule has 0 aromatic rings. The molecule has 0 rings (SSSR count). The molecule has 52 heavy (non-hydrogen) atoms. The van der Waals surface area contributed by atoms with E-state index in [-0.39, 0.29) is 25.8 Å². The predicted octanol–water partition coefficient (Wildman–Crippen LogP) is 11.8. The summed E-state index contributed by atoms with van der Waals surface area (Å²) in [7, 11) is 1.35. The topological polar surface area (TPSA) is 94.1 Å². The third-order valence-electron chi connectivity index (χ3n) is 9.23. The molecule has 0 spiro atoms. The number of hydrogen-bond acceptors (Lipinski definition) is 7. The van der Waals surface area contributed by atoms with Crippen LogP contribution in [0.3, 0.4) is 0 Å². The van der Waals surface area contributed by atoms with E-state index in [1.165, 1.54) is 122 Å². The van der Waals surface area contributed by atoms with Crippen LogP contribution in [0.15, 0.2) is 24.3 Å².